The van der Waals surface area contributed by atoms with Gasteiger partial charge in [-0.15, -0.1) is 11.3 Å². The minimum Gasteiger partial charge on any atom is -0.326 e. The minimum atomic E-state index is -3.56. The lowest BCUT2D eigenvalue weighted by atomic mass is 10.2. The van der Waals surface area contributed by atoms with Gasteiger partial charge in [0.2, 0.25) is 0 Å². The lowest BCUT2D eigenvalue weighted by Gasteiger charge is -2.09. The lowest BCUT2D eigenvalue weighted by molar-refractivity contribution is 0.603. The summed E-state index contributed by atoms with van der Waals surface area (Å²) in [6.07, 6.45) is 0. The van der Waals surface area contributed by atoms with Crippen LogP contribution in [-0.2, 0) is 16.6 Å². The van der Waals surface area contributed by atoms with E-state index in [2.05, 4.69) is 20.7 Å². The van der Waals surface area contributed by atoms with E-state index in [9.17, 15) is 8.42 Å². The van der Waals surface area contributed by atoms with Gasteiger partial charge in [0.1, 0.15) is 4.21 Å². The summed E-state index contributed by atoms with van der Waals surface area (Å²) in [5.74, 6) is 0. The average Bonchev–Trinajstić information content (AvgIpc) is 2.84. The summed E-state index contributed by atoms with van der Waals surface area (Å²) in [4.78, 5) is 0. The molecule has 0 amide bonds. The maximum atomic E-state index is 12.2. The fourth-order valence-corrected chi connectivity index (χ4v) is 4.31. The Bertz CT molecular complexity index is 696. The Morgan fingerprint density at radius 2 is 2.16 bits per heavy atom. The molecule has 0 atom stereocenters. The maximum Gasteiger partial charge on any atom is 0.271 e. The van der Waals surface area contributed by atoms with Crippen LogP contribution < -0.4 is 10.5 Å². The first-order valence-electron chi connectivity index (χ1n) is 5.49. The normalized spacial score (nSPS) is 11.5. The predicted molar refractivity (Wildman–Crippen MR) is 81.9 cm³/mol. The van der Waals surface area contributed by atoms with Gasteiger partial charge in [-0.3, -0.25) is 4.72 Å². The summed E-state index contributed by atoms with van der Waals surface area (Å²) in [5, 5.41) is 1.75. The van der Waals surface area contributed by atoms with Crippen molar-refractivity contribution in [3.63, 3.8) is 0 Å². The van der Waals surface area contributed by atoms with Crippen molar-refractivity contribution in [3.8, 4) is 0 Å². The number of sulfonamides is 1. The van der Waals surface area contributed by atoms with Gasteiger partial charge in [0.05, 0.1) is 5.69 Å². The molecule has 0 spiro atoms. The summed E-state index contributed by atoms with van der Waals surface area (Å²) in [5.41, 5.74) is 7.80. The first-order valence-corrected chi connectivity index (χ1v) is 8.65. The van der Waals surface area contributed by atoms with Crippen LogP contribution in [0, 0.1) is 6.92 Å². The summed E-state index contributed by atoms with van der Waals surface area (Å²) >= 11 is 4.55. The van der Waals surface area contributed by atoms with Crippen molar-refractivity contribution < 1.29 is 8.42 Å². The minimum absolute atomic E-state index is 0.265. The number of anilines is 1. The smallest absolute Gasteiger partial charge is 0.271 e. The highest BCUT2D eigenvalue weighted by Gasteiger charge is 2.18. The highest BCUT2D eigenvalue weighted by Crippen LogP contribution is 2.29. The zero-order valence-electron chi connectivity index (χ0n) is 10.2. The molecule has 3 N–H and O–H groups in total. The lowest BCUT2D eigenvalue weighted by Crippen LogP contribution is -2.12. The second-order valence-electron chi connectivity index (χ2n) is 4.02. The van der Waals surface area contributed by atoms with E-state index in [1.54, 1.807) is 23.6 Å². The number of aryl methyl sites for hydroxylation is 1. The van der Waals surface area contributed by atoms with Crippen LogP contribution in [0.1, 0.15) is 11.1 Å². The van der Waals surface area contributed by atoms with Gasteiger partial charge in [-0.25, -0.2) is 8.42 Å². The van der Waals surface area contributed by atoms with E-state index in [4.69, 9.17) is 5.73 Å². The van der Waals surface area contributed by atoms with E-state index in [0.29, 0.717) is 12.2 Å². The van der Waals surface area contributed by atoms with Gasteiger partial charge < -0.3 is 5.73 Å². The van der Waals surface area contributed by atoms with Crippen molar-refractivity contribution in [2.75, 3.05) is 4.72 Å². The van der Waals surface area contributed by atoms with Crippen LogP contribution in [0.4, 0.5) is 5.69 Å². The van der Waals surface area contributed by atoms with Crippen molar-refractivity contribution >= 4 is 43.0 Å². The topological polar surface area (TPSA) is 72.2 Å². The van der Waals surface area contributed by atoms with Crippen LogP contribution in [0.15, 0.2) is 38.3 Å². The summed E-state index contributed by atoms with van der Waals surface area (Å²) < 4.78 is 28.0. The van der Waals surface area contributed by atoms with Crippen LogP contribution in [0.2, 0.25) is 0 Å². The fraction of sp³-hybridized carbons (Fsp3) is 0.167. The van der Waals surface area contributed by atoms with Crippen molar-refractivity contribution in [2.45, 2.75) is 17.7 Å². The number of nitrogens with one attached hydrogen (secondary N) is 1. The Morgan fingerprint density at radius 3 is 2.79 bits per heavy atom. The standard InChI is InChI=1S/C12H13BrN2O2S2/c1-8-3-2-4-10(12(8)13)15-19(16,17)11-5-9(6-14)7-18-11/h2-5,7,15H,6,14H2,1H3. The zero-order chi connectivity index (χ0) is 14.0. The number of rotatable bonds is 4. The second kappa shape index (κ2) is 5.62. The third-order valence-corrected chi connectivity index (χ3v) is 6.47. The van der Waals surface area contributed by atoms with Crippen molar-refractivity contribution in [3.05, 3.63) is 45.2 Å². The van der Waals surface area contributed by atoms with Gasteiger partial charge in [-0.2, -0.15) is 0 Å². The Hall–Kier alpha value is -0.890. The van der Waals surface area contributed by atoms with Crippen LogP contribution in [0.3, 0.4) is 0 Å². The molecule has 0 saturated carbocycles. The molecule has 1 aromatic heterocycles. The molecule has 0 radical (unpaired) electrons. The quantitative estimate of drug-likeness (QED) is 0.879. The monoisotopic (exact) mass is 360 g/mol. The number of halogens is 1. The molecule has 0 aliphatic heterocycles. The molecule has 0 bridgehead atoms. The van der Waals surface area contributed by atoms with Gasteiger partial charge in [-0.1, -0.05) is 12.1 Å². The Labute approximate surface area is 124 Å². The van der Waals surface area contributed by atoms with Gasteiger partial charge in [-0.05, 0) is 51.5 Å². The predicted octanol–water partition coefficient (Wildman–Crippen LogP) is 3.08. The molecule has 0 aliphatic rings. The van der Waals surface area contributed by atoms with Gasteiger partial charge >= 0.3 is 0 Å². The maximum absolute atomic E-state index is 12.2. The highest BCUT2D eigenvalue weighted by molar-refractivity contribution is 9.10. The molecule has 4 nitrogen and oxygen atoms in total. The SMILES string of the molecule is Cc1cccc(NS(=O)(=O)c2cc(CN)cs2)c1Br. The molecule has 0 aliphatic carbocycles. The molecular formula is C12H13BrN2O2S2. The van der Waals surface area contributed by atoms with Crippen LogP contribution in [0.25, 0.3) is 0 Å². The third kappa shape index (κ3) is 3.17. The number of hydrogen-bond donors (Lipinski definition) is 2. The van der Waals surface area contributed by atoms with E-state index < -0.39 is 10.0 Å². The molecule has 19 heavy (non-hydrogen) atoms. The number of thiophene rings is 1. The molecule has 7 heteroatoms. The molecule has 0 saturated heterocycles. The first kappa shape index (κ1) is 14.5. The average molecular weight is 361 g/mol. The summed E-state index contributed by atoms with van der Waals surface area (Å²) in [7, 11) is -3.56. The second-order valence-corrected chi connectivity index (χ2v) is 7.63. The largest absolute Gasteiger partial charge is 0.326 e. The molecule has 1 heterocycles. The van der Waals surface area contributed by atoms with Crippen molar-refractivity contribution in [1.29, 1.82) is 0 Å². The molecule has 2 rings (SSSR count). The Balaban J connectivity index is 2.33. The highest BCUT2D eigenvalue weighted by atomic mass is 79.9. The molecule has 1 aromatic carbocycles. The van der Waals surface area contributed by atoms with Crippen LogP contribution in [-0.4, -0.2) is 8.42 Å². The van der Waals surface area contributed by atoms with Crippen LogP contribution in [0.5, 0.6) is 0 Å². The van der Waals surface area contributed by atoms with Crippen LogP contribution >= 0.6 is 27.3 Å². The zero-order valence-corrected chi connectivity index (χ0v) is 13.4. The molecule has 102 valence electrons. The van der Waals surface area contributed by atoms with Gasteiger partial charge in [0.25, 0.3) is 10.0 Å². The van der Waals surface area contributed by atoms with E-state index in [1.165, 1.54) is 0 Å². The number of benzene rings is 1. The van der Waals surface area contributed by atoms with E-state index >= 15 is 0 Å². The molecule has 0 fully saturated rings. The third-order valence-electron chi connectivity index (χ3n) is 2.57. The summed E-state index contributed by atoms with van der Waals surface area (Å²) in [6, 6.07) is 7.01. The van der Waals surface area contributed by atoms with E-state index in [-0.39, 0.29) is 4.21 Å². The number of hydrogen-bond acceptors (Lipinski definition) is 4. The Kier molecular flexibility index (Phi) is 4.29. The summed E-state index contributed by atoms with van der Waals surface area (Å²) in [6.45, 7) is 2.24. The molecule has 0 unspecified atom stereocenters. The molecular weight excluding hydrogens is 348 g/mol. The molecule has 2 aromatic rings. The van der Waals surface area contributed by atoms with E-state index in [0.717, 1.165) is 26.9 Å². The first-order chi connectivity index (χ1) is 8.94. The Morgan fingerprint density at radius 1 is 1.42 bits per heavy atom. The van der Waals surface area contributed by atoms with Gasteiger partial charge in [0, 0.05) is 11.0 Å². The van der Waals surface area contributed by atoms with Gasteiger partial charge in [0.15, 0.2) is 0 Å². The number of nitrogens with two attached hydrogens (primary N) is 1. The van der Waals surface area contributed by atoms with E-state index in [1.807, 2.05) is 13.0 Å². The van der Waals surface area contributed by atoms with Crippen molar-refractivity contribution in [2.24, 2.45) is 5.73 Å². The van der Waals surface area contributed by atoms with Crippen molar-refractivity contribution in [1.82, 2.24) is 0 Å². The fourth-order valence-electron chi connectivity index (χ4n) is 1.52.